The molecule has 2 heterocycles. The second kappa shape index (κ2) is 11.7. The van der Waals surface area contributed by atoms with E-state index in [0.29, 0.717) is 36.5 Å². The Hall–Kier alpha value is -1.64. The van der Waals surface area contributed by atoms with Gasteiger partial charge in [-0.2, -0.15) is 0 Å². The van der Waals surface area contributed by atoms with E-state index in [-0.39, 0.29) is 0 Å². The third kappa shape index (κ3) is 9.26. The van der Waals surface area contributed by atoms with Gasteiger partial charge in [0.25, 0.3) is 0 Å². The van der Waals surface area contributed by atoms with Crippen molar-refractivity contribution in [2.24, 2.45) is 15.7 Å². The summed E-state index contributed by atoms with van der Waals surface area (Å²) in [4.78, 5) is 44.8. The summed E-state index contributed by atoms with van der Waals surface area (Å²) in [5, 5.41) is 10.7. The molecule has 0 unspecified atom stereocenters. The molecule has 17 heteroatoms. The highest BCUT2D eigenvalue weighted by Gasteiger charge is 2.49. The van der Waals surface area contributed by atoms with Crippen molar-refractivity contribution in [3.05, 3.63) is 23.8 Å². The van der Waals surface area contributed by atoms with Crippen LogP contribution in [0.3, 0.4) is 0 Å². The van der Waals surface area contributed by atoms with E-state index in [4.69, 9.17) is 26.0 Å². The summed E-state index contributed by atoms with van der Waals surface area (Å²) >= 11 is 0. The Balaban J connectivity index is 2.26. The average molecular weight is 513 g/mol. The van der Waals surface area contributed by atoms with Gasteiger partial charge in [-0.25, -0.2) is 9.13 Å². The first-order chi connectivity index (χ1) is 15.3. The molecule has 0 radical (unpaired) electrons. The molecule has 1 aromatic heterocycles. The quantitative estimate of drug-likeness (QED) is 0.0813. The number of amidine groups is 1. The van der Waals surface area contributed by atoms with Crippen LogP contribution in [0, 0.1) is 0 Å². The van der Waals surface area contributed by atoms with Crippen molar-refractivity contribution in [2.75, 3.05) is 25.4 Å². The summed E-state index contributed by atoms with van der Waals surface area (Å²) in [7, 11) is -10.0. The van der Waals surface area contributed by atoms with Crippen LogP contribution < -0.4 is 17.0 Å². The maximum absolute atomic E-state index is 11.4. The third-order valence-corrected chi connectivity index (χ3v) is 5.44. The molecule has 0 saturated carbocycles. The molecule has 15 nitrogen and oxygen atoms in total. The number of hydrogen-bond donors (Lipinski definition) is 7. The van der Waals surface area contributed by atoms with E-state index in [0.717, 1.165) is 6.42 Å². The number of nitrogen functional groups attached to an aromatic ring is 1. The molecular weight excluding hydrogens is 484 g/mol. The van der Waals surface area contributed by atoms with Crippen LogP contribution in [0.15, 0.2) is 28.3 Å². The molecule has 1 aromatic rings. The Labute approximate surface area is 189 Å². The Bertz CT molecular complexity index is 986. The van der Waals surface area contributed by atoms with Crippen LogP contribution in [0.4, 0.5) is 5.69 Å². The fraction of sp³-hybridized carbons (Fsp3) is 0.625. The number of aromatic nitrogens is 1. The smallest absolute Gasteiger partial charge is 0.399 e. The summed E-state index contributed by atoms with van der Waals surface area (Å²) in [5.41, 5.74) is 12.0. The lowest BCUT2D eigenvalue weighted by molar-refractivity contribution is -0.0538. The van der Waals surface area contributed by atoms with E-state index in [1.54, 1.807) is 6.92 Å². The molecule has 2 rings (SSSR count). The summed E-state index contributed by atoms with van der Waals surface area (Å²) in [5.74, 6) is 0.484. The summed E-state index contributed by atoms with van der Waals surface area (Å²) in [6, 6.07) is 3.00. The number of pyridine rings is 1. The number of aliphatic hydroxyl groups is 1. The van der Waals surface area contributed by atoms with Gasteiger partial charge in [0.1, 0.15) is 23.8 Å². The molecule has 4 atom stereocenters. The molecule has 0 amide bonds. The molecule has 33 heavy (non-hydrogen) atoms. The molecule has 0 bridgehead atoms. The first kappa shape index (κ1) is 27.6. The zero-order valence-electron chi connectivity index (χ0n) is 17.7. The van der Waals surface area contributed by atoms with Crippen LogP contribution >= 0.6 is 15.6 Å². The number of unbranched alkanes of at least 4 members (excludes halogenated alkanes) is 1. The van der Waals surface area contributed by atoms with Gasteiger partial charge in [-0.3, -0.25) is 19.0 Å². The Morgan fingerprint density at radius 2 is 1.88 bits per heavy atom. The van der Waals surface area contributed by atoms with Gasteiger partial charge in [0.05, 0.1) is 12.4 Å². The van der Waals surface area contributed by atoms with Gasteiger partial charge in [0, 0.05) is 31.0 Å². The number of nitrogens with zero attached hydrogens (tertiary/aromatic N) is 3. The minimum absolute atomic E-state index is 0.295. The van der Waals surface area contributed by atoms with Crippen molar-refractivity contribution < 1.29 is 47.6 Å². The fourth-order valence-corrected chi connectivity index (χ4v) is 3.99. The van der Waals surface area contributed by atoms with E-state index in [1.165, 1.54) is 22.9 Å². The molecule has 188 valence electrons. The van der Waals surface area contributed by atoms with E-state index in [9.17, 15) is 24.0 Å². The molecule has 0 aromatic carbocycles. The molecule has 1 fully saturated rings. The minimum Gasteiger partial charge on any atom is -0.399 e. The second-order valence-electron chi connectivity index (χ2n) is 7.24. The van der Waals surface area contributed by atoms with Crippen molar-refractivity contribution in [1.29, 1.82) is 0 Å². The van der Waals surface area contributed by atoms with Crippen LogP contribution in [0.25, 0.3) is 0 Å². The van der Waals surface area contributed by atoms with Crippen molar-refractivity contribution in [2.45, 2.75) is 44.3 Å². The van der Waals surface area contributed by atoms with Gasteiger partial charge in [-0.15, -0.1) is 0 Å². The summed E-state index contributed by atoms with van der Waals surface area (Å²) in [6.07, 6.45) is -3.14. The van der Waals surface area contributed by atoms with Crippen molar-refractivity contribution in [1.82, 2.24) is 4.57 Å². The van der Waals surface area contributed by atoms with E-state index in [2.05, 4.69) is 19.0 Å². The van der Waals surface area contributed by atoms with Crippen LogP contribution in [0.1, 0.15) is 26.0 Å². The van der Waals surface area contributed by atoms with Crippen LogP contribution in [-0.4, -0.2) is 73.1 Å². The number of phosphoric acid groups is 2. The number of anilines is 1. The first-order valence-electron chi connectivity index (χ1n) is 9.79. The topological polar surface area (TPSA) is 245 Å². The Morgan fingerprint density at radius 3 is 2.48 bits per heavy atom. The average Bonchev–Trinajstić information content (AvgIpc) is 2.96. The molecule has 0 spiro atoms. The number of hydrogen-bond acceptors (Lipinski definition) is 9. The number of aliphatic imine (C=N–C) groups is 1. The molecule has 1 aliphatic rings. The van der Waals surface area contributed by atoms with Gasteiger partial charge in [0.2, 0.25) is 0 Å². The number of ether oxygens (including phenoxy) is 1. The normalized spacial score (nSPS) is 25.0. The van der Waals surface area contributed by atoms with E-state index in [1.807, 2.05) is 0 Å². The van der Waals surface area contributed by atoms with Crippen LogP contribution in [0.2, 0.25) is 0 Å². The van der Waals surface area contributed by atoms with Gasteiger partial charge in [-0.1, -0.05) is 0 Å². The zero-order chi connectivity index (χ0) is 24.8. The van der Waals surface area contributed by atoms with Gasteiger partial charge in [0.15, 0.2) is 6.23 Å². The van der Waals surface area contributed by atoms with Gasteiger partial charge in [-0.05, 0) is 25.8 Å². The molecular formula is C16H29N5O10P2. The molecule has 0 aliphatic carbocycles. The maximum atomic E-state index is 11.4. The predicted octanol–water partition coefficient (Wildman–Crippen LogP) is -1.03. The monoisotopic (exact) mass is 513 g/mol. The van der Waals surface area contributed by atoms with Crippen molar-refractivity contribution in [3.63, 3.8) is 0 Å². The largest absolute Gasteiger partial charge is 0.470 e. The lowest BCUT2D eigenvalue weighted by Crippen LogP contribution is -2.37. The maximum Gasteiger partial charge on any atom is 0.470 e. The Morgan fingerprint density at radius 1 is 1.21 bits per heavy atom. The van der Waals surface area contributed by atoms with E-state index < -0.39 is 46.8 Å². The highest BCUT2D eigenvalue weighted by Crippen LogP contribution is 2.45. The molecule has 9 N–H and O–H groups in total. The van der Waals surface area contributed by atoms with Crippen LogP contribution in [-0.2, 0) is 22.9 Å². The lowest BCUT2D eigenvalue weighted by Gasteiger charge is -2.21. The highest BCUT2D eigenvalue weighted by atomic mass is 31.2. The van der Waals surface area contributed by atoms with Crippen molar-refractivity contribution in [3.8, 4) is 0 Å². The predicted molar refractivity (Wildman–Crippen MR) is 116 cm³/mol. The summed E-state index contributed by atoms with van der Waals surface area (Å²) < 4.78 is 38.4. The third-order valence-electron chi connectivity index (χ3n) is 4.44. The second-order valence-corrected chi connectivity index (χ2v) is 9.67. The number of aliphatic hydroxyl groups excluding tert-OH is 1. The highest BCUT2D eigenvalue weighted by molar-refractivity contribution is 7.46. The van der Waals surface area contributed by atoms with Gasteiger partial charge >= 0.3 is 15.6 Å². The molecule has 1 saturated heterocycles. The lowest BCUT2D eigenvalue weighted by atomic mass is 10.1. The standard InChI is InChI=1S/C16H29N5O10P2/c1-10(17)19-5-2-3-6-20-13-8-11(18)4-7-21(13)16-14(22)15(31-33(26,27)28)12(30-16)9-29-32(23,24)25/h4,7-8,12,14-16,22H,2-3,5-6,9,18H2,1H3,(H2,17,19)(H2,23,24,25)(H2,26,27,28)/t12-,14-,15-,16-/m1/s1. The van der Waals surface area contributed by atoms with Gasteiger partial charge < -0.3 is 45.5 Å². The fourth-order valence-electron chi connectivity index (χ4n) is 3.07. The number of nitrogens with two attached hydrogens (primary N) is 2. The van der Waals surface area contributed by atoms with Crippen LogP contribution in [0.5, 0.6) is 0 Å². The Kier molecular flexibility index (Phi) is 9.76. The number of phosphoric ester groups is 2. The first-order valence-corrected chi connectivity index (χ1v) is 12.8. The zero-order valence-corrected chi connectivity index (χ0v) is 19.5. The number of rotatable bonds is 11. The molecule has 1 aliphatic heterocycles. The summed E-state index contributed by atoms with van der Waals surface area (Å²) in [6.45, 7) is 1.81. The minimum atomic E-state index is -5.09. The van der Waals surface area contributed by atoms with Crippen molar-refractivity contribution >= 4 is 27.2 Å². The van der Waals surface area contributed by atoms with E-state index >= 15 is 0 Å². The SMILES string of the molecule is CC(N)=NCCCCN=c1cc(N)ccn1[C@@H]1O[C@H](COP(=O)(O)O)[C@@H](OP(=O)(O)O)[C@H]1O.